The van der Waals surface area contributed by atoms with Crippen molar-refractivity contribution in [2.24, 2.45) is 5.41 Å². The van der Waals surface area contributed by atoms with Gasteiger partial charge in [-0.1, -0.05) is 0 Å². The van der Waals surface area contributed by atoms with Crippen LogP contribution in [0.15, 0.2) is 18.2 Å². The van der Waals surface area contributed by atoms with Crippen molar-refractivity contribution in [1.29, 1.82) is 0 Å². The molecule has 0 radical (unpaired) electrons. The quantitative estimate of drug-likeness (QED) is 0.630. The molecule has 96 valence electrons. The minimum absolute atomic E-state index is 0.00832. The summed E-state index contributed by atoms with van der Waals surface area (Å²) < 4.78 is 0. The minimum Gasteiger partial charge on any atom is -0.508 e. The van der Waals surface area contributed by atoms with Gasteiger partial charge in [-0.15, -0.1) is 0 Å². The third-order valence-corrected chi connectivity index (χ3v) is 3.12. The van der Waals surface area contributed by atoms with Gasteiger partial charge in [0.05, 0.1) is 11.0 Å². The molecule has 1 aliphatic carbocycles. The van der Waals surface area contributed by atoms with Crippen LogP contribution in [0.1, 0.15) is 23.2 Å². The van der Waals surface area contributed by atoms with Gasteiger partial charge in [0.1, 0.15) is 11.5 Å². The van der Waals surface area contributed by atoms with E-state index in [1.165, 1.54) is 12.1 Å². The van der Waals surface area contributed by atoms with E-state index < -0.39 is 17.3 Å². The van der Waals surface area contributed by atoms with E-state index >= 15 is 0 Å². The molecule has 0 spiro atoms. The van der Waals surface area contributed by atoms with Crippen molar-refractivity contribution in [3.8, 4) is 11.5 Å². The SMILES string of the molecule is O=C(NCC1(C(=O)O)CC1)c1ccc(O)cc1O. The zero-order valence-electron chi connectivity index (χ0n) is 9.51. The second-order valence-electron chi connectivity index (χ2n) is 4.47. The number of phenolic OH excluding ortho intramolecular Hbond substituents is 2. The van der Waals surface area contributed by atoms with Crippen molar-refractivity contribution in [2.45, 2.75) is 12.8 Å². The summed E-state index contributed by atoms with van der Waals surface area (Å²) in [4.78, 5) is 22.6. The number of amides is 1. The Bertz CT molecular complexity index is 507. The van der Waals surface area contributed by atoms with Crippen molar-refractivity contribution >= 4 is 11.9 Å². The van der Waals surface area contributed by atoms with Crippen molar-refractivity contribution in [3.63, 3.8) is 0 Å². The molecule has 0 atom stereocenters. The molecule has 1 amide bonds. The molecule has 0 aromatic heterocycles. The van der Waals surface area contributed by atoms with E-state index in [2.05, 4.69) is 5.32 Å². The molecular weight excluding hydrogens is 238 g/mol. The van der Waals surface area contributed by atoms with Crippen LogP contribution in [0.3, 0.4) is 0 Å². The highest BCUT2D eigenvalue weighted by Gasteiger charge is 2.50. The Morgan fingerprint density at radius 2 is 1.94 bits per heavy atom. The maximum atomic E-state index is 11.7. The van der Waals surface area contributed by atoms with E-state index in [-0.39, 0.29) is 23.6 Å². The number of phenols is 2. The second-order valence-corrected chi connectivity index (χ2v) is 4.47. The molecule has 4 N–H and O–H groups in total. The van der Waals surface area contributed by atoms with Gasteiger partial charge in [0.25, 0.3) is 5.91 Å². The van der Waals surface area contributed by atoms with E-state index in [0.29, 0.717) is 12.8 Å². The number of benzene rings is 1. The monoisotopic (exact) mass is 251 g/mol. The molecule has 1 aromatic carbocycles. The number of hydrogen-bond donors (Lipinski definition) is 4. The lowest BCUT2D eigenvalue weighted by Crippen LogP contribution is -2.34. The van der Waals surface area contributed by atoms with Crippen LogP contribution in [0.4, 0.5) is 0 Å². The number of carboxylic acid groups (broad SMARTS) is 1. The highest BCUT2D eigenvalue weighted by atomic mass is 16.4. The predicted molar refractivity (Wildman–Crippen MR) is 61.4 cm³/mol. The molecule has 2 rings (SSSR count). The molecule has 0 aliphatic heterocycles. The van der Waals surface area contributed by atoms with Crippen LogP contribution in [0.2, 0.25) is 0 Å². The first kappa shape index (κ1) is 12.2. The Hall–Kier alpha value is -2.24. The molecular formula is C12H13NO5. The number of nitrogens with one attached hydrogen (secondary N) is 1. The summed E-state index contributed by atoms with van der Waals surface area (Å²) in [5.74, 6) is -1.96. The van der Waals surface area contributed by atoms with Crippen LogP contribution in [-0.2, 0) is 4.79 Å². The summed E-state index contributed by atoms with van der Waals surface area (Å²) in [5.41, 5.74) is -0.837. The van der Waals surface area contributed by atoms with Crippen molar-refractivity contribution in [1.82, 2.24) is 5.32 Å². The third kappa shape index (κ3) is 2.22. The lowest BCUT2D eigenvalue weighted by Gasteiger charge is -2.11. The summed E-state index contributed by atoms with van der Waals surface area (Å²) in [6.07, 6.45) is 1.09. The van der Waals surface area contributed by atoms with Gasteiger partial charge in [-0.3, -0.25) is 9.59 Å². The first-order valence-corrected chi connectivity index (χ1v) is 5.48. The number of aromatic hydroxyl groups is 2. The van der Waals surface area contributed by atoms with E-state index in [4.69, 9.17) is 10.2 Å². The van der Waals surface area contributed by atoms with Crippen molar-refractivity contribution in [2.75, 3.05) is 6.54 Å². The fourth-order valence-electron chi connectivity index (χ4n) is 1.67. The molecule has 1 fully saturated rings. The summed E-state index contributed by atoms with van der Waals surface area (Å²) in [5, 5.41) is 30.0. The van der Waals surface area contributed by atoms with Gasteiger partial charge < -0.3 is 20.6 Å². The summed E-state index contributed by atoms with van der Waals surface area (Å²) in [6.45, 7) is 0.0431. The highest BCUT2D eigenvalue weighted by Crippen LogP contribution is 2.45. The number of hydrogen-bond acceptors (Lipinski definition) is 4. The first-order valence-electron chi connectivity index (χ1n) is 5.48. The summed E-state index contributed by atoms with van der Waals surface area (Å²) in [7, 11) is 0. The van der Waals surface area contributed by atoms with Gasteiger partial charge in [-0.25, -0.2) is 0 Å². The third-order valence-electron chi connectivity index (χ3n) is 3.12. The van der Waals surface area contributed by atoms with Gasteiger partial charge in [-0.05, 0) is 25.0 Å². The maximum absolute atomic E-state index is 11.7. The van der Waals surface area contributed by atoms with Gasteiger partial charge >= 0.3 is 5.97 Å². The van der Waals surface area contributed by atoms with Crippen LogP contribution in [0.5, 0.6) is 11.5 Å². The lowest BCUT2D eigenvalue weighted by molar-refractivity contribution is -0.143. The van der Waals surface area contributed by atoms with Gasteiger partial charge in [0, 0.05) is 12.6 Å². The van der Waals surface area contributed by atoms with E-state index in [0.717, 1.165) is 6.07 Å². The largest absolute Gasteiger partial charge is 0.508 e. The van der Waals surface area contributed by atoms with Gasteiger partial charge in [0.2, 0.25) is 0 Å². The number of carboxylic acids is 1. The van der Waals surface area contributed by atoms with E-state index in [9.17, 15) is 14.7 Å². The molecule has 0 heterocycles. The molecule has 1 saturated carbocycles. The number of rotatable bonds is 4. The Balaban J connectivity index is 2.02. The molecule has 0 unspecified atom stereocenters. The van der Waals surface area contributed by atoms with Gasteiger partial charge in [-0.2, -0.15) is 0 Å². The number of carbonyl (C=O) groups is 2. The van der Waals surface area contributed by atoms with Gasteiger partial charge in [0.15, 0.2) is 0 Å². The number of carbonyl (C=O) groups excluding carboxylic acids is 1. The lowest BCUT2D eigenvalue weighted by atomic mass is 10.1. The second kappa shape index (κ2) is 4.21. The Morgan fingerprint density at radius 3 is 2.44 bits per heavy atom. The summed E-state index contributed by atoms with van der Waals surface area (Å²) in [6, 6.07) is 3.61. The Kier molecular flexibility index (Phi) is 2.86. The fourth-order valence-corrected chi connectivity index (χ4v) is 1.67. The van der Waals surface area contributed by atoms with Crippen LogP contribution in [0, 0.1) is 5.41 Å². The van der Waals surface area contributed by atoms with E-state index in [1.807, 2.05) is 0 Å². The molecule has 1 aliphatic rings. The van der Waals surface area contributed by atoms with Crippen LogP contribution in [-0.4, -0.2) is 33.7 Å². The molecule has 6 nitrogen and oxygen atoms in total. The zero-order chi connectivity index (χ0) is 13.3. The first-order chi connectivity index (χ1) is 8.44. The summed E-state index contributed by atoms with van der Waals surface area (Å²) >= 11 is 0. The Morgan fingerprint density at radius 1 is 1.28 bits per heavy atom. The maximum Gasteiger partial charge on any atom is 0.311 e. The van der Waals surface area contributed by atoms with Crippen molar-refractivity contribution in [3.05, 3.63) is 23.8 Å². The fraction of sp³-hybridized carbons (Fsp3) is 0.333. The topological polar surface area (TPSA) is 107 Å². The van der Waals surface area contributed by atoms with Crippen LogP contribution in [0.25, 0.3) is 0 Å². The zero-order valence-corrected chi connectivity index (χ0v) is 9.51. The Labute approximate surface area is 103 Å². The van der Waals surface area contributed by atoms with E-state index in [1.54, 1.807) is 0 Å². The average molecular weight is 251 g/mol. The predicted octanol–water partition coefficient (Wildman–Crippen LogP) is 0.692. The highest BCUT2D eigenvalue weighted by molar-refractivity contribution is 5.97. The van der Waals surface area contributed by atoms with Crippen LogP contribution < -0.4 is 5.32 Å². The molecule has 18 heavy (non-hydrogen) atoms. The molecule has 1 aromatic rings. The minimum atomic E-state index is -0.919. The average Bonchev–Trinajstić information content (AvgIpc) is 3.07. The van der Waals surface area contributed by atoms with Crippen LogP contribution >= 0.6 is 0 Å². The molecule has 0 saturated heterocycles. The normalized spacial score (nSPS) is 16.0. The van der Waals surface area contributed by atoms with Crippen molar-refractivity contribution < 1.29 is 24.9 Å². The standard InChI is InChI=1S/C12H13NO5/c14-7-1-2-8(9(15)5-7)10(16)13-6-12(3-4-12)11(17)18/h1-2,5,14-15H,3-4,6H2,(H,13,16)(H,17,18). The number of aliphatic carboxylic acids is 1. The smallest absolute Gasteiger partial charge is 0.311 e. The molecule has 0 bridgehead atoms. The molecule has 6 heteroatoms.